The first-order valence-corrected chi connectivity index (χ1v) is 9.09. The van der Waals surface area contributed by atoms with Crippen molar-refractivity contribution in [3.63, 3.8) is 0 Å². The van der Waals surface area contributed by atoms with Gasteiger partial charge in [-0.1, -0.05) is 0 Å². The fourth-order valence-corrected chi connectivity index (χ4v) is 4.00. The fraction of sp³-hybridized carbons (Fsp3) is 0.722. The molecule has 25 heavy (non-hydrogen) atoms. The van der Waals surface area contributed by atoms with Crippen molar-refractivity contribution in [1.82, 2.24) is 19.6 Å². The Hall–Kier alpha value is -1.89. The van der Waals surface area contributed by atoms with Gasteiger partial charge < -0.3 is 14.5 Å². The van der Waals surface area contributed by atoms with Crippen molar-refractivity contribution in [1.29, 1.82) is 0 Å². The van der Waals surface area contributed by atoms with Crippen LogP contribution in [0.3, 0.4) is 0 Å². The van der Waals surface area contributed by atoms with E-state index >= 15 is 0 Å². The van der Waals surface area contributed by atoms with E-state index in [1.165, 1.54) is 0 Å². The number of ether oxygens (including phenoxy) is 1. The molecule has 3 heterocycles. The standard InChI is InChI=1S/C18H28N4O3/c1-15(22-9-3-8-19-22)17(24)20-10-6-18(7-11-20)5-4-16(23)21(14-18)12-13-25-2/h3,8-9,15H,4-7,10-14H2,1-2H3. The summed E-state index contributed by atoms with van der Waals surface area (Å²) >= 11 is 0. The molecule has 0 N–H and O–H groups in total. The van der Waals surface area contributed by atoms with E-state index in [4.69, 9.17) is 4.74 Å². The van der Waals surface area contributed by atoms with Crippen molar-refractivity contribution in [3.8, 4) is 0 Å². The number of nitrogens with zero attached hydrogens (tertiary/aromatic N) is 4. The van der Waals surface area contributed by atoms with Crippen LogP contribution in [0.15, 0.2) is 18.5 Å². The van der Waals surface area contributed by atoms with Crippen molar-refractivity contribution in [3.05, 3.63) is 18.5 Å². The van der Waals surface area contributed by atoms with E-state index in [0.29, 0.717) is 19.6 Å². The zero-order valence-electron chi connectivity index (χ0n) is 15.2. The Kier molecular flexibility index (Phi) is 5.42. The van der Waals surface area contributed by atoms with E-state index < -0.39 is 0 Å². The topological polar surface area (TPSA) is 67.7 Å². The van der Waals surface area contributed by atoms with Crippen LogP contribution in [0.5, 0.6) is 0 Å². The lowest BCUT2D eigenvalue weighted by Crippen LogP contribution is -2.53. The second kappa shape index (κ2) is 7.56. The summed E-state index contributed by atoms with van der Waals surface area (Å²) in [5.41, 5.74) is 0.160. The van der Waals surface area contributed by atoms with Gasteiger partial charge in [0.05, 0.1) is 6.61 Å². The van der Waals surface area contributed by atoms with Crippen LogP contribution in [0.25, 0.3) is 0 Å². The van der Waals surface area contributed by atoms with Gasteiger partial charge in [0, 0.05) is 52.1 Å². The highest BCUT2D eigenvalue weighted by atomic mass is 16.5. The molecule has 7 heteroatoms. The van der Waals surface area contributed by atoms with Crippen LogP contribution in [-0.4, -0.2) is 71.3 Å². The Balaban J connectivity index is 1.57. The molecule has 2 fully saturated rings. The van der Waals surface area contributed by atoms with Gasteiger partial charge in [0.1, 0.15) is 6.04 Å². The highest BCUT2D eigenvalue weighted by Crippen LogP contribution is 2.40. The first kappa shape index (κ1) is 17.9. The van der Waals surface area contributed by atoms with Crippen LogP contribution in [0, 0.1) is 5.41 Å². The molecule has 0 saturated carbocycles. The van der Waals surface area contributed by atoms with Crippen molar-refractivity contribution >= 4 is 11.8 Å². The zero-order valence-corrected chi connectivity index (χ0v) is 15.2. The van der Waals surface area contributed by atoms with Crippen LogP contribution < -0.4 is 0 Å². The number of carbonyl (C=O) groups is 2. The van der Waals surface area contributed by atoms with Gasteiger partial charge in [-0.05, 0) is 37.7 Å². The number of likely N-dealkylation sites (tertiary alicyclic amines) is 2. The summed E-state index contributed by atoms with van der Waals surface area (Å²) in [5, 5.41) is 4.18. The molecule has 1 aromatic rings. The number of methoxy groups -OCH3 is 1. The number of aromatic nitrogens is 2. The Morgan fingerprint density at radius 1 is 1.36 bits per heavy atom. The predicted molar refractivity (Wildman–Crippen MR) is 92.9 cm³/mol. The molecular formula is C18H28N4O3. The van der Waals surface area contributed by atoms with E-state index in [2.05, 4.69) is 5.10 Å². The molecule has 1 atom stereocenters. The third-order valence-corrected chi connectivity index (χ3v) is 5.73. The monoisotopic (exact) mass is 348 g/mol. The van der Waals surface area contributed by atoms with Gasteiger partial charge in [0.25, 0.3) is 0 Å². The van der Waals surface area contributed by atoms with Gasteiger partial charge in [-0.3, -0.25) is 14.3 Å². The molecule has 0 radical (unpaired) electrons. The van der Waals surface area contributed by atoms with Crippen LogP contribution in [0.1, 0.15) is 38.6 Å². The van der Waals surface area contributed by atoms with Crippen molar-refractivity contribution in [2.75, 3.05) is 39.9 Å². The molecule has 0 aromatic carbocycles. The highest BCUT2D eigenvalue weighted by Gasteiger charge is 2.42. The van der Waals surface area contributed by atoms with Crippen molar-refractivity contribution in [2.45, 2.75) is 38.6 Å². The minimum absolute atomic E-state index is 0.127. The Labute approximate surface area is 148 Å². The van der Waals surface area contributed by atoms with Crippen LogP contribution in [0.2, 0.25) is 0 Å². The number of hydrogen-bond acceptors (Lipinski definition) is 4. The SMILES string of the molecule is COCCN1CC2(CCC1=O)CCN(C(=O)C(C)n1cccn1)CC2. The van der Waals surface area contributed by atoms with Crippen LogP contribution >= 0.6 is 0 Å². The molecule has 2 saturated heterocycles. The number of rotatable bonds is 5. The van der Waals surface area contributed by atoms with Crippen molar-refractivity contribution in [2.24, 2.45) is 5.41 Å². The summed E-state index contributed by atoms with van der Waals surface area (Å²) in [5.74, 6) is 0.357. The Morgan fingerprint density at radius 2 is 2.12 bits per heavy atom. The van der Waals surface area contributed by atoms with Gasteiger partial charge in [0.2, 0.25) is 11.8 Å². The lowest BCUT2D eigenvalue weighted by Gasteiger charge is -2.47. The second-order valence-electron chi connectivity index (χ2n) is 7.30. The minimum Gasteiger partial charge on any atom is -0.383 e. The summed E-state index contributed by atoms with van der Waals surface area (Å²) < 4.78 is 6.83. The molecule has 2 amide bonds. The summed E-state index contributed by atoms with van der Waals surface area (Å²) in [6.07, 6.45) is 6.99. The van der Waals surface area contributed by atoms with E-state index in [-0.39, 0.29) is 23.3 Å². The number of carbonyl (C=O) groups excluding carboxylic acids is 2. The molecule has 138 valence electrons. The molecule has 0 aliphatic carbocycles. The minimum atomic E-state index is -0.268. The molecule has 7 nitrogen and oxygen atoms in total. The maximum Gasteiger partial charge on any atom is 0.247 e. The summed E-state index contributed by atoms with van der Waals surface area (Å²) in [6, 6.07) is 1.57. The van der Waals surface area contributed by atoms with Gasteiger partial charge in [0.15, 0.2) is 0 Å². The largest absolute Gasteiger partial charge is 0.383 e. The predicted octanol–water partition coefficient (Wildman–Crippen LogP) is 1.32. The fourth-order valence-electron chi connectivity index (χ4n) is 4.00. The van der Waals surface area contributed by atoms with E-state index in [9.17, 15) is 9.59 Å². The molecule has 1 aromatic heterocycles. The average molecular weight is 348 g/mol. The molecule has 2 aliphatic rings. The lowest BCUT2D eigenvalue weighted by atomic mass is 9.72. The summed E-state index contributed by atoms with van der Waals surface area (Å²) in [4.78, 5) is 28.7. The third-order valence-electron chi connectivity index (χ3n) is 5.73. The molecule has 3 rings (SSSR count). The first-order valence-electron chi connectivity index (χ1n) is 9.09. The molecule has 0 bridgehead atoms. The third kappa shape index (κ3) is 3.86. The number of piperidine rings is 2. The van der Waals surface area contributed by atoms with Crippen LogP contribution in [-0.2, 0) is 14.3 Å². The summed E-state index contributed by atoms with van der Waals surface area (Å²) in [6.45, 7) is 5.45. The van der Waals surface area contributed by atoms with Crippen molar-refractivity contribution < 1.29 is 14.3 Å². The molecule has 1 unspecified atom stereocenters. The van der Waals surface area contributed by atoms with E-state index in [1.54, 1.807) is 18.0 Å². The maximum absolute atomic E-state index is 12.7. The average Bonchev–Trinajstić information content (AvgIpc) is 3.17. The van der Waals surface area contributed by atoms with Crippen LogP contribution in [0.4, 0.5) is 0 Å². The Bertz CT molecular complexity index is 593. The Morgan fingerprint density at radius 3 is 2.76 bits per heavy atom. The van der Waals surface area contributed by atoms with Gasteiger partial charge in [-0.2, -0.15) is 5.10 Å². The van der Waals surface area contributed by atoms with Gasteiger partial charge in [-0.25, -0.2) is 0 Å². The van der Waals surface area contributed by atoms with E-state index in [1.807, 2.05) is 29.0 Å². The summed E-state index contributed by atoms with van der Waals surface area (Å²) in [7, 11) is 1.66. The number of amides is 2. The lowest BCUT2D eigenvalue weighted by molar-refractivity contribution is -0.144. The van der Waals surface area contributed by atoms with Gasteiger partial charge in [-0.15, -0.1) is 0 Å². The molecule has 2 aliphatic heterocycles. The first-order chi connectivity index (χ1) is 12.0. The molecular weight excluding hydrogens is 320 g/mol. The van der Waals surface area contributed by atoms with E-state index in [0.717, 1.165) is 38.9 Å². The van der Waals surface area contributed by atoms with Gasteiger partial charge >= 0.3 is 0 Å². The number of hydrogen-bond donors (Lipinski definition) is 0. The zero-order chi connectivity index (χ0) is 17.9. The molecule has 1 spiro atoms. The second-order valence-corrected chi connectivity index (χ2v) is 7.30. The smallest absolute Gasteiger partial charge is 0.247 e. The quantitative estimate of drug-likeness (QED) is 0.805. The highest BCUT2D eigenvalue weighted by molar-refractivity contribution is 5.80. The normalized spacial score (nSPS) is 21.6. The maximum atomic E-state index is 12.7.